The fourth-order valence-corrected chi connectivity index (χ4v) is 2.75. The fourth-order valence-electron chi connectivity index (χ4n) is 2.55. The smallest absolute Gasteiger partial charge is 0.213 e. The van der Waals surface area contributed by atoms with Gasteiger partial charge in [0.1, 0.15) is 5.82 Å². The van der Waals surface area contributed by atoms with Crippen LogP contribution in [0.4, 0.5) is 10.2 Å². The van der Waals surface area contributed by atoms with Crippen LogP contribution in [0.3, 0.4) is 0 Å². The number of nitrogens with one attached hydrogen (secondary N) is 1. The maximum absolute atomic E-state index is 13.4. The molecule has 0 bridgehead atoms. The lowest BCUT2D eigenvalue weighted by atomic mass is 10.0. The molecular weight excluding hydrogens is 319 g/mol. The summed E-state index contributed by atoms with van der Waals surface area (Å²) in [5.41, 5.74) is 1.81. The summed E-state index contributed by atoms with van der Waals surface area (Å²) < 4.78 is 18.7. The van der Waals surface area contributed by atoms with Gasteiger partial charge in [0.2, 0.25) is 5.95 Å². The predicted molar refractivity (Wildman–Crippen MR) is 87.0 cm³/mol. The van der Waals surface area contributed by atoms with Gasteiger partial charge in [0, 0.05) is 37.6 Å². The zero-order chi connectivity index (χ0) is 16.2. The van der Waals surface area contributed by atoms with Crippen molar-refractivity contribution in [1.29, 1.82) is 0 Å². The number of ether oxygens (including phenoxy) is 1. The molecule has 0 unspecified atom stereocenters. The topological polar surface area (TPSA) is 59.9 Å². The van der Waals surface area contributed by atoms with Crippen LogP contribution in [0.5, 0.6) is 0 Å². The molecule has 0 amide bonds. The van der Waals surface area contributed by atoms with Crippen molar-refractivity contribution in [1.82, 2.24) is 15.0 Å². The summed E-state index contributed by atoms with van der Waals surface area (Å²) >= 11 is 6.09. The van der Waals surface area contributed by atoms with Crippen molar-refractivity contribution in [2.75, 3.05) is 25.1 Å². The Labute approximate surface area is 139 Å². The molecule has 3 heterocycles. The van der Waals surface area contributed by atoms with Crippen molar-refractivity contribution in [3.05, 3.63) is 35.1 Å². The number of hydrogen-bond acceptors (Lipinski definition) is 5. The van der Waals surface area contributed by atoms with Crippen LogP contribution in [0.25, 0.3) is 11.3 Å². The van der Waals surface area contributed by atoms with Gasteiger partial charge in [-0.25, -0.2) is 9.97 Å². The van der Waals surface area contributed by atoms with Crippen LogP contribution >= 0.6 is 11.6 Å². The van der Waals surface area contributed by atoms with E-state index in [1.54, 1.807) is 6.20 Å². The highest BCUT2D eigenvalue weighted by molar-refractivity contribution is 6.33. The van der Waals surface area contributed by atoms with Gasteiger partial charge in [-0.1, -0.05) is 11.6 Å². The molecular formula is C16H18ClFN4O. The molecule has 0 radical (unpaired) electrons. The first kappa shape index (κ1) is 16.1. The van der Waals surface area contributed by atoms with Gasteiger partial charge in [-0.05, 0) is 25.7 Å². The lowest BCUT2D eigenvalue weighted by Crippen LogP contribution is -2.23. The van der Waals surface area contributed by atoms with E-state index >= 15 is 0 Å². The Hall–Kier alpha value is -1.79. The largest absolute Gasteiger partial charge is 0.381 e. The number of nitrogens with zero attached hydrogens (tertiary/aromatic N) is 3. The van der Waals surface area contributed by atoms with Crippen LogP contribution in [0.1, 0.15) is 18.5 Å². The van der Waals surface area contributed by atoms with Crippen LogP contribution in [-0.4, -0.2) is 34.7 Å². The Morgan fingerprint density at radius 3 is 2.87 bits per heavy atom. The highest BCUT2D eigenvalue weighted by Gasteiger charge is 2.15. The van der Waals surface area contributed by atoms with Gasteiger partial charge >= 0.3 is 0 Å². The third-order valence-electron chi connectivity index (χ3n) is 3.95. The minimum absolute atomic E-state index is 0.347. The highest BCUT2D eigenvalue weighted by atomic mass is 35.5. The first-order valence-electron chi connectivity index (χ1n) is 7.60. The fraction of sp³-hybridized carbons (Fsp3) is 0.438. The number of anilines is 1. The zero-order valence-electron chi connectivity index (χ0n) is 12.9. The molecule has 1 aliphatic heterocycles. The summed E-state index contributed by atoms with van der Waals surface area (Å²) in [6.07, 6.45) is 4.96. The maximum Gasteiger partial charge on any atom is 0.213 e. The molecule has 1 fully saturated rings. The molecule has 1 aliphatic rings. The third-order valence-corrected chi connectivity index (χ3v) is 4.25. The average molecular weight is 337 g/mol. The monoisotopic (exact) mass is 336 g/mol. The molecule has 122 valence electrons. The van der Waals surface area contributed by atoms with Crippen molar-refractivity contribution in [2.45, 2.75) is 19.8 Å². The molecule has 0 aromatic carbocycles. The van der Waals surface area contributed by atoms with Gasteiger partial charge in [0.05, 0.1) is 22.6 Å². The van der Waals surface area contributed by atoms with Crippen LogP contribution in [0.2, 0.25) is 5.02 Å². The second-order valence-corrected chi connectivity index (χ2v) is 6.02. The maximum atomic E-state index is 13.4. The van der Waals surface area contributed by atoms with Crippen LogP contribution in [0, 0.1) is 18.8 Å². The van der Waals surface area contributed by atoms with Gasteiger partial charge in [0.15, 0.2) is 0 Å². The molecule has 2 aromatic rings. The molecule has 5 nitrogen and oxygen atoms in total. The number of hydrogen-bond donors (Lipinski definition) is 1. The van der Waals surface area contributed by atoms with Crippen LogP contribution in [-0.2, 0) is 4.74 Å². The van der Waals surface area contributed by atoms with Gasteiger partial charge in [-0.3, -0.25) is 4.98 Å². The quantitative estimate of drug-likeness (QED) is 0.866. The summed E-state index contributed by atoms with van der Waals surface area (Å²) in [6.45, 7) is 4.32. The molecule has 1 saturated heterocycles. The molecule has 0 saturated carbocycles. The van der Waals surface area contributed by atoms with E-state index in [2.05, 4.69) is 20.3 Å². The summed E-state index contributed by atoms with van der Waals surface area (Å²) in [4.78, 5) is 12.4. The lowest BCUT2D eigenvalue weighted by Gasteiger charge is -2.22. The van der Waals surface area contributed by atoms with Gasteiger partial charge in [-0.2, -0.15) is 4.39 Å². The highest BCUT2D eigenvalue weighted by Crippen LogP contribution is 2.27. The summed E-state index contributed by atoms with van der Waals surface area (Å²) in [7, 11) is 0. The van der Waals surface area contributed by atoms with Crippen molar-refractivity contribution in [3.63, 3.8) is 0 Å². The molecule has 2 aromatic heterocycles. The second-order valence-electron chi connectivity index (χ2n) is 5.61. The van der Waals surface area contributed by atoms with Gasteiger partial charge < -0.3 is 10.1 Å². The first-order valence-corrected chi connectivity index (χ1v) is 7.98. The summed E-state index contributed by atoms with van der Waals surface area (Å²) in [6, 6.07) is 1.27. The van der Waals surface area contributed by atoms with Crippen molar-refractivity contribution >= 4 is 17.4 Å². The predicted octanol–water partition coefficient (Wildman–Crippen LogP) is 3.48. The lowest BCUT2D eigenvalue weighted by molar-refractivity contribution is 0.0699. The van der Waals surface area contributed by atoms with Crippen molar-refractivity contribution in [3.8, 4) is 11.3 Å². The number of aryl methyl sites for hydroxylation is 1. The average Bonchev–Trinajstić information content (AvgIpc) is 2.57. The van der Waals surface area contributed by atoms with E-state index in [9.17, 15) is 4.39 Å². The minimum atomic E-state index is -0.594. The van der Waals surface area contributed by atoms with Crippen molar-refractivity contribution < 1.29 is 9.13 Å². The normalized spacial score (nSPS) is 15.6. The van der Waals surface area contributed by atoms with E-state index in [0.717, 1.165) is 38.3 Å². The zero-order valence-corrected chi connectivity index (χ0v) is 13.6. The van der Waals surface area contributed by atoms with E-state index in [1.165, 1.54) is 12.3 Å². The Kier molecular flexibility index (Phi) is 5.03. The Morgan fingerprint density at radius 2 is 2.09 bits per heavy atom. The van der Waals surface area contributed by atoms with E-state index in [0.29, 0.717) is 28.0 Å². The Morgan fingerprint density at radius 1 is 1.30 bits per heavy atom. The molecule has 0 aliphatic carbocycles. The molecule has 0 spiro atoms. The van der Waals surface area contributed by atoms with E-state index in [-0.39, 0.29) is 0 Å². The summed E-state index contributed by atoms with van der Waals surface area (Å²) in [5, 5.41) is 3.69. The molecule has 3 rings (SSSR count). The van der Waals surface area contributed by atoms with E-state index in [1.807, 2.05) is 6.92 Å². The SMILES string of the molecule is Cc1ncc(-c2cc(F)ncc2Cl)nc1NCC1CCOCC1. The Bertz CT molecular complexity index is 692. The number of halogens is 2. The number of rotatable bonds is 4. The number of aromatic nitrogens is 3. The molecule has 1 N–H and O–H groups in total. The second kappa shape index (κ2) is 7.19. The van der Waals surface area contributed by atoms with Crippen LogP contribution in [0.15, 0.2) is 18.5 Å². The standard InChI is InChI=1S/C16H18ClFN4O/c1-10-16(21-7-11-2-4-23-5-3-11)22-14(9-19-10)12-6-15(18)20-8-13(12)17/h6,8-9,11H,2-5,7H2,1H3,(H,21,22). The molecule has 7 heteroatoms. The van der Waals surface area contributed by atoms with E-state index < -0.39 is 5.95 Å². The van der Waals surface area contributed by atoms with Crippen LogP contribution < -0.4 is 5.32 Å². The third kappa shape index (κ3) is 3.95. The summed E-state index contributed by atoms with van der Waals surface area (Å²) in [5.74, 6) is 0.668. The molecule has 0 atom stereocenters. The first-order chi connectivity index (χ1) is 11.1. The van der Waals surface area contributed by atoms with E-state index in [4.69, 9.17) is 16.3 Å². The minimum Gasteiger partial charge on any atom is -0.381 e. The number of pyridine rings is 1. The van der Waals surface area contributed by atoms with Crippen molar-refractivity contribution in [2.24, 2.45) is 5.92 Å². The van der Waals surface area contributed by atoms with Gasteiger partial charge in [0.25, 0.3) is 0 Å². The molecule has 23 heavy (non-hydrogen) atoms. The van der Waals surface area contributed by atoms with Gasteiger partial charge in [-0.15, -0.1) is 0 Å². The Balaban J connectivity index is 1.79.